The van der Waals surface area contributed by atoms with E-state index in [9.17, 15) is 24.4 Å². The van der Waals surface area contributed by atoms with Crippen molar-refractivity contribution in [2.75, 3.05) is 4.90 Å². The number of amides is 1. The van der Waals surface area contributed by atoms with E-state index in [0.29, 0.717) is 22.2 Å². The summed E-state index contributed by atoms with van der Waals surface area (Å²) in [5.41, 5.74) is -1.74. The molecule has 2 fully saturated rings. The number of anilines is 1. The normalized spacial score (nSPS) is 25.9. The van der Waals surface area contributed by atoms with Gasteiger partial charge in [0.1, 0.15) is 11.6 Å². The van der Waals surface area contributed by atoms with Crippen molar-refractivity contribution >= 4 is 34.4 Å². The Morgan fingerprint density at radius 1 is 1.10 bits per heavy atom. The average Bonchev–Trinajstić information content (AvgIpc) is 3.45. The Labute approximate surface area is 229 Å². The molecule has 0 saturated carbocycles. The summed E-state index contributed by atoms with van der Waals surface area (Å²) < 4.78 is 13.0. The minimum Gasteiger partial charge on any atom is -0.454 e. The molecule has 1 N–H and O–H groups in total. The number of carbonyl (C=O) groups is 3. The first-order valence-corrected chi connectivity index (χ1v) is 13.2. The Morgan fingerprint density at radius 2 is 1.77 bits per heavy atom. The fraction of sp³-hybridized carbons (Fsp3) is 0.414. The molecule has 11 nitrogen and oxygen atoms in total. The second-order valence-corrected chi connectivity index (χ2v) is 11.4. The third-order valence-electron chi connectivity index (χ3n) is 8.18. The standard InChI is InChI=1S/C29H30N4O7/c1-15(2)22(39-16(3)34)23-30-19-12-8-6-10-17(19)24(35)31(23)21-14-29(40-25(21)36)18-11-7-9-13-20(18)32-26(29)33(38)28(4,5)27(32)37/h6-13,15,21-22,26,38H,14H2,1-5H3/t21-,22+,26-,29-/m1/s1. The van der Waals surface area contributed by atoms with E-state index in [-0.39, 0.29) is 24.1 Å². The van der Waals surface area contributed by atoms with Crippen LogP contribution in [0.15, 0.2) is 53.3 Å². The van der Waals surface area contributed by atoms with Gasteiger partial charge in [0.2, 0.25) is 0 Å². The van der Waals surface area contributed by atoms with Gasteiger partial charge in [-0.15, -0.1) is 5.06 Å². The minimum atomic E-state index is -1.46. The van der Waals surface area contributed by atoms with Crippen molar-refractivity contribution in [3.05, 3.63) is 70.3 Å². The third-order valence-corrected chi connectivity index (χ3v) is 8.18. The van der Waals surface area contributed by atoms with Crippen molar-refractivity contribution in [3.8, 4) is 0 Å². The molecule has 0 aliphatic carbocycles. The van der Waals surface area contributed by atoms with E-state index in [1.54, 1.807) is 62.4 Å². The lowest BCUT2D eigenvalue weighted by molar-refractivity contribution is -0.209. The predicted molar refractivity (Wildman–Crippen MR) is 142 cm³/mol. The number of benzene rings is 2. The van der Waals surface area contributed by atoms with E-state index in [0.717, 1.165) is 5.06 Å². The van der Waals surface area contributed by atoms with E-state index >= 15 is 0 Å². The number of hydroxylamine groups is 2. The first-order valence-electron chi connectivity index (χ1n) is 13.2. The van der Waals surface area contributed by atoms with Gasteiger partial charge in [-0.05, 0) is 38.0 Å². The molecule has 1 amide bonds. The highest BCUT2D eigenvalue weighted by Gasteiger charge is 2.70. The molecule has 2 aromatic carbocycles. The molecule has 3 aliphatic rings. The summed E-state index contributed by atoms with van der Waals surface area (Å²) in [6, 6.07) is 12.6. The van der Waals surface area contributed by atoms with Gasteiger partial charge in [0, 0.05) is 18.9 Å². The molecule has 3 aliphatic heterocycles. The van der Waals surface area contributed by atoms with Crippen molar-refractivity contribution < 1.29 is 29.1 Å². The predicted octanol–water partition coefficient (Wildman–Crippen LogP) is 3.20. The molecule has 4 heterocycles. The highest BCUT2D eigenvalue weighted by atomic mass is 16.6. The maximum atomic E-state index is 14.0. The first-order chi connectivity index (χ1) is 18.9. The smallest absolute Gasteiger partial charge is 0.330 e. The molecule has 1 spiro atoms. The maximum Gasteiger partial charge on any atom is 0.330 e. The molecule has 40 heavy (non-hydrogen) atoms. The van der Waals surface area contributed by atoms with Crippen LogP contribution in [0.25, 0.3) is 10.9 Å². The summed E-state index contributed by atoms with van der Waals surface area (Å²) >= 11 is 0. The van der Waals surface area contributed by atoms with Crippen LogP contribution in [0.3, 0.4) is 0 Å². The number of hydrogen-bond acceptors (Lipinski definition) is 9. The van der Waals surface area contributed by atoms with Crippen molar-refractivity contribution in [2.24, 2.45) is 5.92 Å². The van der Waals surface area contributed by atoms with Gasteiger partial charge in [0.15, 0.2) is 23.7 Å². The Bertz CT molecular complexity index is 1650. The van der Waals surface area contributed by atoms with Gasteiger partial charge in [0.25, 0.3) is 11.5 Å². The van der Waals surface area contributed by atoms with Gasteiger partial charge in [-0.1, -0.05) is 44.2 Å². The van der Waals surface area contributed by atoms with Crippen LogP contribution in [-0.4, -0.2) is 49.4 Å². The van der Waals surface area contributed by atoms with Gasteiger partial charge in [-0.25, -0.2) is 9.78 Å². The van der Waals surface area contributed by atoms with Crippen LogP contribution in [-0.2, 0) is 29.5 Å². The zero-order valence-electron chi connectivity index (χ0n) is 22.8. The fourth-order valence-electron chi connectivity index (χ4n) is 6.26. The van der Waals surface area contributed by atoms with Crippen LogP contribution >= 0.6 is 0 Å². The van der Waals surface area contributed by atoms with Gasteiger partial charge in [0.05, 0.1) is 16.6 Å². The lowest BCUT2D eigenvalue weighted by Gasteiger charge is -2.35. The van der Waals surface area contributed by atoms with E-state index in [1.165, 1.54) is 16.4 Å². The number of nitrogens with zero attached hydrogens (tertiary/aromatic N) is 4. The van der Waals surface area contributed by atoms with Crippen molar-refractivity contribution in [3.63, 3.8) is 0 Å². The molecular formula is C29H30N4O7. The number of para-hydroxylation sites is 2. The minimum absolute atomic E-state index is 0.0672. The van der Waals surface area contributed by atoms with Gasteiger partial charge < -0.3 is 14.7 Å². The summed E-state index contributed by atoms with van der Waals surface area (Å²) in [7, 11) is 0. The van der Waals surface area contributed by atoms with Crippen molar-refractivity contribution in [1.29, 1.82) is 0 Å². The second-order valence-electron chi connectivity index (χ2n) is 11.4. The largest absolute Gasteiger partial charge is 0.454 e. The Kier molecular flexibility index (Phi) is 5.69. The lowest BCUT2D eigenvalue weighted by atomic mass is 9.87. The van der Waals surface area contributed by atoms with Crippen LogP contribution < -0.4 is 10.5 Å². The van der Waals surface area contributed by atoms with Crippen LogP contribution in [0.1, 0.15) is 64.6 Å². The topological polar surface area (TPSA) is 131 Å². The van der Waals surface area contributed by atoms with Gasteiger partial charge in [-0.2, -0.15) is 0 Å². The number of hydrogen-bond donors (Lipinski definition) is 1. The fourth-order valence-corrected chi connectivity index (χ4v) is 6.26. The molecule has 6 rings (SSSR count). The summed E-state index contributed by atoms with van der Waals surface area (Å²) in [4.78, 5) is 59.6. The van der Waals surface area contributed by atoms with Crippen LogP contribution in [0.5, 0.6) is 0 Å². The molecule has 2 saturated heterocycles. The molecule has 0 unspecified atom stereocenters. The van der Waals surface area contributed by atoms with E-state index in [1.807, 2.05) is 13.8 Å². The SMILES string of the molecule is CC(=O)O[C@H](c1nc2ccccc2c(=O)n1[C@@H]1C[C@@]2(OC1=O)c1ccccc1N1C(=O)C(C)(C)N(O)[C@@H]12)C(C)C. The summed E-state index contributed by atoms with van der Waals surface area (Å²) in [6.45, 7) is 8.13. The number of esters is 2. The van der Waals surface area contributed by atoms with Crippen LogP contribution in [0.4, 0.5) is 5.69 Å². The van der Waals surface area contributed by atoms with Crippen LogP contribution in [0, 0.1) is 5.92 Å². The molecule has 4 atom stereocenters. The number of carbonyl (C=O) groups excluding carboxylic acids is 3. The van der Waals surface area contributed by atoms with E-state index < -0.39 is 46.9 Å². The summed E-state index contributed by atoms with van der Waals surface area (Å²) in [6.07, 6.45) is -2.03. The van der Waals surface area contributed by atoms with Gasteiger partial charge >= 0.3 is 11.9 Å². The summed E-state index contributed by atoms with van der Waals surface area (Å²) in [5, 5.41) is 12.5. The number of aromatic nitrogens is 2. The highest BCUT2D eigenvalue weighted by molar-refractivity contribution is 6.05. The average molecular weight is 547 g/mol. The third kappa shape index (κ3) is 3.40. The molecule has 0 radical (unpaired) electrons. The Balaban J connectivity index is 1.57. The number of rotatable bonds is 4. The Hall–Kier alpha value is -4.09. The van der Waals surface area contributed by atoms with Crippen molar-refractivity contribution in [1.82, 2.24) is 14.6 Å². The van der Waals surface area contributed by atoms with Gasteiger partial charge in [-0.3, -0.25) is 23.9 Å². The zero-order valence-corrected chi connectivity index (χ0v) is 22.8. The Morgan fingerprint density at radius 3 is 2.48 bits per heavy atom. The summed E-state index contributed by atoms with van der Waals surface area (Å²) in [5.74, 6) is -1.77. The molecule has 208 valence electrons. The quantitative estimate of drug-likeness (QED) is 0.490. The number of ether oxygens (including phenoxy) is 2. The maximum absolute atomic E-state index is 14.0. The highest BCUT2D eigenvalue weighted by Crippen LogP contribution is 2.58. The second kappa shape index (κ2) is 8.70. The van der Waals surface area contributed by atoms with Crippen molar-refractivity contribution in [2.45, 2.75) is 70.5 Å². The number of fused-ring (bicyclic) bond motifs is 6. The monoisotopic (exact) mass is 546 g/mol. The zero-order chi connectivity index (χ0) is 28.7. The van der Waals surface area contributed by atoms with E-state index in [2.05, 4.69) is 0 Å². The molecular weight excluding hydrogens is 516 g/mol. The lowest BCUT2D eigenvalue weighted by Crippen LogP contribution is -2.52. The molecule has 0 bridgehead atoms. The molecule has 11 heteroatoms. The molecule has 3 aromatic rings. The van der Waals surface area contributed by atoms with Crippen LogP contribution in [0.2, 0.25) is 0 Å². The first kappa shape index (κ1) is 26.1. The van der Waals surface area contributed by atoms with E-state index in [4.69, 9.17) is 14.5 Å². The molecule has 1 aromatic heterocycles.